The minimum absolute atomic E-state index is 0.338. The van der Waals surface area contributed by atoms with Crippen LogP contribution in [0.1, 0.15) is 24.1 Å². The number of carbonyl (C=O) groups is 2. The molecule has 0 spiro atoms. The van der Waals surface area contributed by atoms with Gasteiger partial charge in [0.2, 0.25) is 0 Å². The largest absolute Gasteiger partial charge is 0.496 e. The molecular weight excluding hydrogens is 414 g/mol. The van der Waals surface area contributed by atoms with Gasteiger partial charge in [-0.1, -0.05) is 48.0 Å². The predicted octanol–water partition coefficient (Wildman–Crippen LogP) is 5.08. The maximum absolute atomic E-state index is 13.4. The van der Waals surface area contributed by atoms with Crippen molar-refractivity contribution in [1.29, 1.82) is 0 Å². The Hall–Kier alpha value is -3.51. The van der Waals surface area contributed by atoms with Gasteiger partial charge in [0.25, 0.3) is 5.91 Å². The molecule has 31 heavy (non-hydrogen) atoms. The van der Waals surface area contributed by atoms with E-state index in [0.29, 0.717) is 27.7 Å². The average molecular weight is 436 g/mol. The van der Waals surface area contributed by atoms with Crippen molar-refractivity contribution in [3.05, 3.63) is 82.0 Å². The lowest BCUT2D eigenvalue weighted by molar-refractivity contribution is -0.113. The first-order chi connectivity index (χ1) is 14.9. The summed E-state index contributed by atoms with van der Waals surface area (Å²) in [6.07, 6.45) is 0. The highest BCUT2D eigenvalue weighted by atomic mass is 35.5. The van der Waals surface area contributed by atoms with Crippen molar-refractivity contribution in [3.8, 4) is 5.75 Å². The lowest BCUT2D eigenvalue weighted by Crippen LogP contribution is -2.46. The average Bonchev–Trinajstić information content (AvgIpc) is 2.74. The summed E-state index contributed by atoms with van der Waals surface area (Å²) >= 11 is 6.11. The Bertz CT molecular complexity index is 1240. The second kappa shape index (κ2) is 8.32. The van der Waals surface area contributed by atoms with Crippen molar-refractivity contribution in [2.45, 2.75) is 19.9 Å². The van der Waals surface area contributed by atoms with Crippen LogP contribution >= 0.6 is 11.6 Å². The summed E-state index contributed by atoms with van der Waals surface area (Å²) in [6.45, 7) is 3.60. The van der Waals surface area contributed by atoms with Crippen LogP contribution in [-0.2, 0) is 4.79 Å². The quantitative estimate of drug-likeness (QED) is 0.534. The van der Waals surface area contributed by atoms with Crippen LogP contribution in [0.5, 0.6) is 5.75 Å². The van der Waals surface area contributed by atoms with Crippen LogP contribution in [0.25, 0.3) is 10.8 Å². The molecule has 1 aliphatic heterocycles. The second-order valence-corrected chi connectivity index (χ2v) is 7.82. The Labute approximate surface area is 185 Å². The Morgan fingerprint density at radius 3 is 2.65 bits per heavy atom. The summed E-state index contributed by atoms with van der Waals surface area (Å²) in [5.74, 6) is 0.248. The zero-order valence-electron chi connectivity index (χ0n) is 17.4. The number of ether oxygens (including phenoxy) is 1. The molecule has 0 aliphatic carbocycles. The van der Waals surface area contributed by atoms with Crippen LogP contribution in [0, 0.1) is 6.92 Å². The number of methoxy groups -OCH3 is 1. The molecule has 158 valence electrons. The van der Waals surface area contributed by atoms with Crippen molar-refractivity contribution in [3.63, 3.8) is 0 Å². The lowest BCUT2D eigenvalue weighted by atomic mass is 9.90. The van der Waals surface area contributed by atoms with E-state index in [1.807, 2.05) is 49.4 Å². The number of aryl methyl sites for hydroxylation is 1. The predicted molar refractivity (Wildman–Crippen MR) is 122 cm³/mol. The van der Waals surface area contributed by atoms with Crippen molar-refractivity contribution >= 4 is 40.0 Å². The fraction of sp³-hybridized carbons (Fsp3) is 0.167. The van der Waals surface area contributed by atoms with Gasteiger partial charge in [-0.3, -0.25) is 4.79 Å². The van der Waals surface area contributed by atoms with Gasteiger partial charge in [0.05, 0.1) is 18.7 Å². The first kappa shape index (κ1) is 20.8. The number of nitrogens with one attached hydrogen (secondary N) is 3. The number of hydrogen-bond acceptors (Lipinski definition) is 3. The van der Waals surface area contributed by atoms with Gasteiger partial charge in [0.15, 0.2) is 0 Å². The lowest BCUT2D eigenvalue weighted by Gasteiger charge is -2.30. The van der Waals surface area contributed by atoms with Crippen LogP contribution in [0.3, 0.4) is 0 Å². The second-order valence-electron chi connectivity index (χ2n) is 7.39. The fourth-order valence-electron chi connectivity index (χ4n) is 3.88. The third kappa shape index (κ3) is 3.94. The van der Waals surface area contributed by atoms with E-state index in [1.54, 1.807) is 26.2 Å². The highest BCUT2D eigenvalue weighted by Gasteiger charge is 2.34. The highest BCUT2D eigenvalue weighted by Crippen LogP contribution is 2.38. The molecule has 3 N–H and O–H groups in total. The smallest absolute Gasteiger partial charge is 0.319 e. The first-order valence-corrected chi connectivity index (χ1v) is 10.2. The van der Waals surface area contributed by atoms with Crippen LogP contribution < -0.4 is 20.7 Å². The molecule has 1 atom stereocenters. The van der Waals surface area contributed by atoms with Gasteiger partial charge in [-0.15, -0.1) is 0 Å². The summed E-state index contributed by atoms with van der Waals surface area (Å²) in [7, 11) is 1.57. The number of carbonyl (C=O) groups excluding carboxylic acids is 2. The monoisotopic (exact) mass is 435 g/mol. The molecule has 3 amide bonds. The van der Waals surface area contributed by atoms with Gasteiger partial charge < -0.3 is 20.7 Å². The summed E-state index contributed by atoms with van der Waals surface area (Å²) in [5.41, 5.74) is 3.08. The Balaban J connectivity index is 1.85. The zero-order valence-corrected chi connectivity index (χ0v) is 18.1. The number of amides is 3. The van der Waals surface area contributed by atoms with Crippen LogP contribution in [0.15, 0.2) is 65.9 Å². The number of halogens is 1. The molecular formula is C24H22ClN3O3. The SMILES string of the molecule is COc1ccc2ccccc2c1[C@@H]1NC(=O)NC(C)=C1C(=O)Nc1cc(Cl)ccc1C. The van der Waals surface area contributed by atoms with Crippen molar-refractivity contribution < 1.29 is 14.3 Å². The molecule has 1 aliphatic rings. The highest BCUT2D eigenvalue weighted by molar-refractivity contribution is 6.31. The van der Waals surface area contributed by atoms with E-state index in [0.717, 1.165) is 21.9 Å². The molecule has 3 aromatic rings. The van der Waals surface area contributed by atoms with E-state index in [2.05, 4.69) is 16.0 Å². The van der Waals surface area contributed by atoms with Crippen LogP contribution in [0.2, 0.25) is 5.02 Å². The molecule has 0 bridgehead atoms. The number of allylic oxidation sites excluding steroid dienone is 1. The molecule has 0 unspecified atom stereocenters. The van der Waals surface area contributed by atoms with E-state index >= 15 is 0 Å². The van der Waals surface area contributed by atoms with Gasteiger partial charge in [-0.05, 0) is 48.4 Å². The van der Waals surface area contributed by atoms with E-state index in [9.17, 15) is 9.59 Å². The molecule has 0 saturated carbocycles. The molecule has 0 fully saturated rings. The molecule has 4 rings (SSSR count). The van der Waals surface area contributed by atoms with Gasteiger partial charge >= 0.3 is 6.03 Å². The van der Waals surface area contributed by atoms with Gasteiger partial charge in [0.1, 0.15) is 5.75 Å². The number of rotatable bonds is 4. The summed E-state index contributed by atoms with van der Waals surface area (Å²) in [6, 6.07) is 15.8. The van der Waals surface area contributed by atoms with Crippen LogP contribution in [-0.4, -0.2) is 19.0 Å². The van der Waals surface area contributed by atoms with Crippen molar-refractivity contribution in [2.24, 2.45) is 0 Å². The molecule has 0 aromatic heterocycles. The number of fused-ring (bicyclic) bond motifs is 1. The molecule has 7 heteroatoms. The van der Waals surface area contributed by atoms with E-state index in [1.165, 1.54) is 0 Å². The van der Waals surface area contributed by atoms with Crippen molar-refractivity contribution in [2.75, 3.05) is 12.4 Å². The van der Waals surface area contributed by atoms with Gasteiger partial charge in [-0.2, -0.15) is 0 Å². The van der Waals surface area contributed by atoms with E-state index in [-0.39, 0.29) is 11.9 Å². The number of hydrogen-bond donors (Lipinski definition) is 3. The molecule has 1 heterocycles. The number of anilines is 1. The van der Waals surface area contributed by atoms with Gasteiger partial charge in [0, 0.05) is 22.0 Å². The van der Waals surface area contributed by atoms with Crippen LogP contribution in [0.4, 0.5) is 10.5 Å². The number of urea groups is 1. The van der Waals surface area contributed by atoms with E-state index < -0.39 is 6.04 Å². The third-order valence-corrected chi connectivity index (χ3v) is 5.64. The fourth-order valence-corrected chi connectivity index (χ4v) is 4.05. The topological polar surface area (TPSA) is 79.5 Å². The summed E-state index contributed by atoms with van der Waals surface area (Å²) in [5, 5.41) is 10.9. The number of benzene rings is 3. The van der Waals surface area contributed by atoms with E-state index in [4.69, 9.17) is 16.3 Å². The maximum Gasteiger partial charge on any atom is 0.319 e. The molecule has 3 aromatic carbocycles. The Morgan fingerprint density at radius 1 is 1.10 bits per heavy atom. The molecule has 0 saturated heterocycles. The standard InChI is InChI=1S/C24H22ClN3O3/c1-13-8-10-16(25)12-18(13)27-23(29)20-14(2)26-24(30)28-22(20)21-17-7-5-4-6-15(17)9-11-19(21)31-3/h4-12,22H,1-3H3,(H,27,29)(H2,26,28,30)/t22-/m1/s1. The minimum Gasteiger partial charge on any atom is -0.496 e. The third-order valence-electron chi connectivity index (χ3n) is 5.40. The first-order valence-electron chi connectivity index (χ1n) is 9.80. The Kier molecular flexibility index (Phi) is 5.57. The van der Waals surface area contributed by atoms with Gasteiger partial charge in [-0.25, -0.2) is 4.79 Å². The zero-order chi connectivity index (χ0) is 22.1. The summed E-state index contributed by atoms with van der Waals surface area (Å²) in [4.78, 5) is 25.8. The molecule has 6 nitrogen and oxygen atoms in total. The van der Waals surface area contributed by atoms with Crippen molar-refractivity contribution in [1.82, 2.24) is 10.6 Å². The normalized spacial score (nSPS) is 16.0. The minimum atomic E-state index is -0.700. The molecule has 0 radical (unpaired) electrons. The summed E-state index contributed by atoms with van der Waals surface area (Å²) < 4.78 is 5.61. The Morgan fingerprint density at radius 2 is 1.87 bits per heavy atom. The maximum atomic E-state index is 13.4.